The van der Waals surface area contributed by atoms with Crippen molar-refractivity contribution in [2.75, 3.05) is 23.3 Å². The number of hydrogen-bond donors (Lipinski definition) is 1. The number of anilines is 2. The molecule has 4 aromatic rings. The van der Waals surface area contributed by atoms with E-state index in [-0.39, 0.29) is 17.2 Å². The highest BCUT2D eigenvalue weighted by molar-refractivity contribution is 6.05. The molecule has 0 bridgehead atoms. The Morgan fingerprint density at radius 2 is 1.84 bits per heavy atom. The van der Waals surface area contributed by atoms with Gasteiger partial charge in [-0.05, 0) is 79.6 Å². The highest BCUT2D eigenvalue weighted by Crippen LogP contribution is 2.32. The highest BCUT2D eigenvalue weighted by atomic mass is 16.6. The number of nitro benzene ring substituents is 1. The number of amides is 1. The van der Waals surface area contributed by atoms with E-state index in [2.05, 4.69) is 23.3 Å². The molecule has 37 heavy (non-hydrogen) atoms. The number of carbonyl (C=O) groups is 1. The molecule has 1 aliphatic heterocycles. The van der Waals surface area contributed by atoms with E-state index < -0.39 is 4.92 Å². The maximum absolute atomic E-state index is 12.9. The second-order valence-corrected chi connectivity index (χ2v) is 10.00. The van der Waals surface area contributed by atoms with E-state index in [4.69, 9.17) is 4.42 Å². The number of benzene rings is 3. The minimum atomic E-state index is -0.409. The number of rotatable bonds is 6. The van der Waals surface area contributed by atoms with Crippen molar-refractivity contribution in [2.24, 2.45) is 5.92 Å². The maximum atomic E-state index is 12.9. The summed E-state index contributed by atoms with van der Waals surface area (Å²) >= 11 is 0. The minimum absolute atomic E-state index is 0.0404. The monoisotopic (exact) mass is 498 g/mol. The van der Waals surface area contributed by atoms with Gasteiger partial charge in [-0.1, -0.05) is 25.1 Å². The Kier molecular flexibility index (Phi) is 6.65. The first kappa shape index (κ1) is 24.5. The van der Waals surface area contributed by atoms with Crippen molar-refractivity contribution in [1.82, 2.24) is 4.98 Å². The highest BCUT2D eigenvalue weighted by Gasteiger charge is 2.25. The van der Waals surface area contributed by atoms with E-state index in [0.29, 0.717) is 29.6 Å². The van der Waals surface area contributed by atoms with E-state index in [9.17, 15) is 14.9 Å². The number of hydrogen-bond acceptors (Lipinski definition) is 6. The molecule has 1 saturated heterocycles. The van der Waals surface area contributed by atoms with Gasteiger partial charge in [-0.25, -0.2) is 4.98 Å². The Morgan fingerprint density at radius 3 is 2.54 bits per heavy atom. The molecule has 0 radical (unpaired) electrons. The van der Waals surface area contributed by atoms with Crippen LogP contribution in [-0.2, 0) is 6.42 Å². The normalized spacial score (nSPS) is 14.2. The zero-order valence-electron chi connectivity index (χ0n) is 21.3. The van der Waals surface area contributed by atoms with Crippen LogP contribution in [0.4, 0.5) is 17.1 Å². The van der Waals surface area contributed by atoms with Gasteiger partial charge in [0.15, 0.2) is 11.5 Å². The summed E-state index contributed by atoms with van der Waals surface area (Å²) in [5.41, 5.74) is 6.25. The fourth-order valence-corrected chi connectivity index (χ4v) is 4.91. The third kappa shape index (κ3) is 5.33. The second kappa shape index (κ2) is 10.0. The Labute approximate surface area is 215 Å². The van der Waals surface area contributed by atoms with Crippen molar-refractivity contribution in [3.8, 4) is 0 Å². The summed E-state index contributed by atoms with van der Waals surface area (Å²) in [6.45, 7) is 7.81. The number of nitro groups is 1. The number of nitrogens with one attached hydrogen (secondary N) is 1. The molecule has 0 atom stereocenters. The van der Waals surface area contributed by atoms with Crippen LogP contribution >= 0.6 is 0 Å². The SMILES string of the molecule is Cc1cc(C)c2oc(Cc3ccc(NC(=O)c4ccc(N5CCC(C)CC5)c([N+](=O)[O-])c4)cc3)nc2c1. The van der Waals surface area contributed by atoms with Gasteiger partial charge in [0.25, 0.3) is 11.6 Å². The third-order valence-electron chi connectivity index (χ3n) is 6.99. The Balaban J connectivity index is 1.27. The van der Waals surface area contributed by atoms with Crippen molar-refractivity contribution in [1.29, 1.82) is 0 Å². The second-order valence-electron chi connectivity index (χ2n) is 10.00. The summed E-state index contributed by atoms with van der Waals surface area (Å²) < 4.78 is 5.96. The number of oxazole rings is 1. The molecule has 1 amide bonds. The van der Waals surface area contributed by atoms with E-state index in [1.807, 2.05) is 49.1 Å². The molecule has 2 heterocycles. The first-order valence-corrected chi connectivity index (χ1v) is 12.6. The molecule has 3 aromatic carbocycles. The molecule has 1 aliphatic rings. The summed E-state index contributed by atoms with van der Waals surface area (Å²) in [5.74, 6) is 0.866. The summed E-state index contributed by atoms with van der Waals surface area (Å²) in [4.78, 5) is 30.9. The van der Waals surface area contributed by atoms with Crippen molar-refractivity contribution in [3.63, 3.8) is 0 Å². The lowest BCUT2D eigenvalue weighted by atomic mass is 9.98. The number of carbonyl (C=O) groups excluding carboxylic acids is 1. The van der Waals surface area contributed by atoms with Crippen molar-refractivity contribution < 1.29 is 14.1 Å². The summed E-state index contributed by atoms with van der Waals surface area (Å²) in [6, 6.07) is 16.2. The average Bonchev–Trinajstić information content (AvgIpc) is 3.28. The lowest BCUT2D eigenvalue weighted by molar-refractivity contribution is -0.384. The molecule has 1 fully saturated rings. The van der Waals surface area contributed by atoms with Crippen LogP contribution in [0.3, 0.4) is 0 Å². The van der Waals surface area contributed by atoms with Crippen LogP contribution in [-0.4, -0.2) is 28.9 Å². The quantitative estimate of drug-likeness (QED) is 0.243. The van der Waals surface area contributed by atoms with Crippen molar-refractivity contribution in [2.45, 2.75) is 40.0 Å². The summed E-state index contributed by atoms with van der Waals surface area (Å²) in [7, 11) is 0. The predicted molar refractivity (Wildman–Crippen MR) is 144 cm³/mol. The van der Waals surface area contributed by atoms with E-state index in [0.717, 1.165) is 53.7 Å². The number of nitrogens with zero attached hydrogens (tertiary/aromatic N) is 3. The molecule has 8 nitrogen and oxygen atoms in total. The lowest BCUT2D eigenvalue weighted by Crippen LogP contribution is -2.33. The molecule has 1 aromatic heterocycles. The molecule has 1 N–H and O–H groups in total. The zero-order chi connectivity index (χ0) is 26.1. The molecule has 5 rings (SSSR count). The van der Waals surface area contributed by atoms with Crippen molar-refractivity contribution >= 4 is 34.1 Å². The smallest absolute Gasteiger partial charge is 0.293 e. The first-order chi connectivity index (χ1) is 17.8. The van der Waals surface area contributed by atoms with Gasteiger partial charge in [0.1, 0.15) is 11.2 Å². The van der Waals surface area contributed by atoms with E-state index >= 15 is 0 Å². The largest absolute Gasteiger partial charge is 0.440 e. The first-order valence-electron chi connectivity index (χ1n) is 12.6. The van der Waals surface area contributed by atoms with Gasteiger partial charge in [-0.3, -0.25) is 14.9 Å². The Morgan fingerprint density at radius 1 is 1.11 bits per heavy atom. The number of piperidine rings is 1. The van der Waals surface area contributed by atoms with Crippen LogP contribution in [0.1, 0.15) is 52.7 Å². The zero-order valence-corrected chi connectivity index (χ0v) is 21.3. The molecular weight excluding hydrogens is 468 g/mol. The lowest BCUT2D eigenvalue weighted by Gasteiger charge is -2.31. The van der Waals surface area contributed by atoms with Gasteiger partial charge >= 0.3 is 0 Å². The molecule has 0 saturated carbocycles. The van der Waals surface area contributed by atoms with Gasteiger partial charge in [0, 0.05) is 36.8 Å². The number of aryl methyl sites for hydroxylation is 2. The standard InChI is InChI=1S/C29H30N4O4/c1-18-10-12-32(13-11-18)25-9-6-22(17-26(25)33(35)36)29(34)30-23-7-4-21(5-8-23)16-27-31-24-15-19(2)14-20(3)28(24)37-27/h4-9,14-15,17-18H,10-13,16H2,1-3H3,(H,30,34). The molecule has 0 unspecified atom stereocenters. The minimum Gasteiger partial charge on any atom is -0.440 e. The van der Waals surface area contributed by atoms with E-state index in [1.54, 1.807) is 12.1 Å². The maximum Gasteiger partial charge on any atom is 0.293 e. The Bertz CT molecular complexity index is 1470. The topological polar surface area (TPSA) is 102 Å². The Hall–Kier alpha value is -4.20. The van der Waals surface area contributed by atoms with Gasteiger partial charge in [0.05, 0.1) is 4.92 Å². The molecule has 8 heteroatoms. The van der Waals surface area contributed by atoms with Crippen LogP contribution in [0.5, 0.6) is 0 Å². The van der Waals surface area contributed by atoms with Gasteiger partial charge in [-0.15, -0.1) is 0 Å². The fraction of sp³-hybridized carbons (Fsp3) is 0.310. The number of aromatic nitrogens is 1. The van der Waals surface area contributed by atoms with Crippen molar-refractivity contribution in [3.05, 3.63) is 92.9 Å². The van der Waals surface area contributed by atoms with Gasteiger partial charge in [0.2, 0.25) is 0 Å². The number of fused-ring (bicyclic) bond motifs is 1. The molecule has 0 spiro atoms. The fourth-order valence-electron chi connectivity index (χ4n) is 4.91. The van der Waals surface area contributed by atoms with Crippen LogP contribution in [0.25, 0.3) is 11.1 Å². The molecule has 190 valence electrons. The van der Waals surface area contributed by atoms with E-state index in [1.165, 1.54) is 6.07 Å². The van der Waals surface area contributed by atoms with Crippen LogP contribution < -0.4 is 10.2 Å². The molecule has 0 aliphatic carbocycles. The van der Waals surface area contributed by atoms with Crippen LogP contribution in [0, 0.1) is 29.9 Å². The molecular formula is C29H30N4O4. The van der Waals surface area contributed by atoms with Crippen LogP contribution in [0.2, 0.25) is 0 Å². The predicted octanol–water partition coefficient (Wildman–Crippen LogP) is 6.43. The average molecular weight is 499 g/mol. The van der Waals surface area contributed by atoms with Gasteiger partial charge in [-0.2, -0.15) is 0 Å². The summed E-state index contributed by atoms with van der Waals surface area (Å²) in [6.07, 6.45) is 2.53. The third-order valence-corrected chi connectivity index (χ3v) is 6.99. The van der Waals surface area contributed by atoms with Gasteiger partial charge < -0.3 is 14.6 Å². The van der Waals surface area contributed by atoms with Crippen LogP contribution in [0.15, 0.2) is 59.0 Å². The summed E-state index contributed by atoms with van der Waals surface area (Å²) in [5, 5.41) is 14.6.